The van der Waals surface area contributed by atoms with Crippen molar-refractivity contribution in [1.29, 1.82) is 0 Å². The summed E-state index contributed by atoms with van der Waals surface area (Å²) in [6.07, 6.45) is 10.0. The first-order valence-corrected chi connectivity index (χ1v) is 15.1. The fourth-order valence-electron chi connectivity index (χ4n) is 5.67. The molecule has 3 aromatic rings. The van der Waals surface area contributed by atoms with Crippen LogP contribution in [-0.2, 0) is 4.79 Å². The molecule has 5 rings (SSSR count). The summed E-state index contributed by atoms with van der Waals surface area (Å²) in [5, 5.41) is 16.8. The minimum atomic E-state index is -1.27. The maximum absolute atomic E-state index is 14.1. The Morgan fingerprint density at radius 1 is 1.10 bits per heavy atom. The molecule has 0 N–H and O–H groups in total. The Hall–Kier alpha value is -3.38. The monoisotopic (exact) mass is 561 g/mol. The first-order valence-electron chi connectivity index (χ1n) is 14.3. The van der Waals surface area contributed by atoms with Crippen LogP contribution in [-0.4, -0.2) is 38.6 Å². The minimum Gasteiger partial charge on any atom is -0.544 e. The van der Waals surface area contributed by atoms with Crippen molar-refractivity contribution in [2.45, 2.75) is 91.2 Å². The quantitative estimate of drug-likeness (QED) is 0.388. The number of ether oxygens (including phenoxy) is 1. The summed E-state index contributed by atoms with van der Waals surface area (Å²) in [7, 11) is 0. The summed E-state index contributed by atoms with van der Waals surface area (Å²) in [5.74, 6) is 6.13. The van der Waals surface area contributed by atoms with Crippen molar-refractivity contribution in [1.82, 2.24) is 14.6 Å². The maximum atomic E-state index is 14.1. The van der Waals surface area contributed by atoms with Gasteiger partial charge in [-0.2, -0.15) is 0 Å². The number of aromatic nitrogens is 3. The molecule has 0 bridgehead atoms. The lowest BCUT2D eigenvalue weighted by atomic mass is 9.81. The van der Waals surface area contributed by atoms with E-state index >= 15 is 0 Å². The van der Waals surface area contributed by atoms with Gasteiger partial charge in [-0.25, -0.2) is 9.50 Å². The molecule has 0 atom stereocenters. The lowest BCUT2D eigenvalue weighted by Gasteiger charge is -2.39. The second-order valence-corrected chi connectivity index (χ2v) is 13.3. The molecular formula is C31H37N4O4S-. The van der Waals surface area contributed by atoms with Gasteiger partial charge in [0.15, 0.2) is 5.65 Å². The van der Waals surface area contributed by atoms with Crippen LogP contribution in [0, 0.1) is 29.1 Å². The molecule has 3 heterocycles. The highest BCUT2D eigenvalue weighted by molar-refractivity contribution is 7.15. The number of rotatable bonds is 6. The molecular weight excluding hydrogens is 524 g/mol. The second kappa shape index (κ2) is 11.6. The molecule has 2 aliphatic rings. The van der Waals surface area contributed by atoms with E-state index in [-0.39, 0.29) is 34.3 Å². The fraction of sp³-hybridized carbons (Fsp3) is 0.548. The number of hydrogen-bond donors (Lipinski definition) is 0. The van der Waals surface area contributed by atoms with Crippen LogP contribution in [0.4, 0.5) is 5.69 Å². The highest BCUT2D eigenvalue weighted by atomic mass is 32.1. The van der Waals surface area contributed by atoms with Crippen molar-refractivity contribution in [3.05, 3.63) is 40.3 Å². The molecule has 0 unspecified atom stereocenters. The average molecular weight is 562 g/mol. The van der Waals surface area contributed by atoms with Gasteiger partial charge in [-0.15, -0.1) is 16.4 Å². The van der Waals surface area contributed by atoms with E-state index in [1.165, 1.54) is 0 Å². The molecule has 3 aromatic heterocycles. The van der Waals surface area contributed by atoms with Crippen LogP contribution in [0.15, 0.2) is 30.6 Å². The summed E-state index contributed by atoms with van der Waals surface area (Å²) < 4.78 is 7.89. The van der Waals surface area contributed by atoms with Crippen molar-refractivity contribution >= 4 is 34.5 Å². The van der Waals surface area contributed by atoms with E-state index in [0.29, 0.717) is 35.2 Å². The van der Waals surface area contributed by atoms with E-state index in [9.17, 15) is 14.7 Å². The van der Waals surface area contributed by atoms with Crippen molar-refractivity contribution in [3.63, 3.8) is 0 Å². The summed E-state index contributed by atoms with van der Waals surface area (Å²) >= 11 is 1.10. The van der Waals surface area contributed by atoms with Gasteiger partial charge in [-0.05, 0) is 90.2 Å². The van der Waals surface area contributed by atoms with Crippen LogP contribution in [0.2, 0.25) is 0 Å². The Labute approximate surface area is 239 Å². The molecule has 0 radical (unpaired) electrons. The van der Waals surface area contributed by atoms with Gasteiger partial charge in [-0.1, -0.05) is 18.8 Å². The molecule has 2 fully saturated rings. The van der Waals surface area contributed by atoms with E-state index in [4.69, 9.17) is 4.74 Å². The minimum absolute atomic E-state index is 0.0270. The van der Waals surface area contributed by atoms with Gasteiger partial charge in [0.1, 0.15) is 6.10 Å². The van der Waals surface area contributed by atoms with E-state index in [1.807, 2.05) is 32.9 Å². The number of anilines is 1. The van der Waals surface area contributed by atoms with Crippen LogP contribution in [0.5, 0.6) is 5.88 Å². The standard InChI is InChI=1S/C31H38N4O4S/c1-20-5-7-21(8-6-20)29(36)35(25-19-24(15-16-31(2,3)4)40-28(25)30(37)38)22-9-11-23(12-10-22)39-27-14-13-26-32-17-18-34(26)33-27/h13-14,17-23H,5-12H2,1-4H3,(H,37,38)/p-1. The molecule has 0 aromatic carbocycles. The molecule has 2 saturated carbocycles. The molecule has 9 heteroatoms. The number of nitrogens with zero attached hydrogens (tertiary/aromatic N) is 4. The highest BCUT2D eigenvalue weighted by Crippen LogP contribution is 2.39. The number of imidazole rings is 1. The summed E-state index contributed by atoms with van der Waals surface area (Å²) in [4.78, 5) is 33.1. The second-order valence-electron chi connectivity index (χ2n) is 12.2. The normalized spacial score (nSPS) is 23.3. The largest absolute Gasteiger partial charge is 0.544 e. The zero-order valence-corrected chi connectivity index (χ0v) is 24.5. The lowest BCUT2D eigenvalue weighted by Crippen LogP contribution is -2.47. The van der Waals surface area contributed by atoms with Gasteiger partial charge in [0.2, 0.25) is 11.8 Å². The average Bonchev–Trinajstić information content (AvgIpc) is 3.56. The molecule has 0 spiro atoms. The number of fused-ring (bicyclic) bond motifs is 1. The van der Waals surface area contributed by atoms with E-state index < -0.39 is 5.97 Å². The van der Waals surface area contributed by atoms with Gasteiger partial charge in [0.25, 0.3) is 0 Å². The zero-order chi connectivity index (χ0) is 28.4. The number of aromatic carboxylic acids is 1. The van der Waals surface area contributed by atoms with Gasteiger partial charge < -0.3 is 19.5 Å². The van der Waals surface area contributed by atoms with Crippen molar-refractivity contribution < 1.29 is 19.4 Å². The van der Waals surface area contributed by atoms with Crippen LogP contribution in [0.3, 0.4) is 0 Å². The Kier molecular flexibility index (Phi) is 8.18. The first-order chi connectivity index (χ1) is 19.1. The van der Waals surface area contributed by atoms with Crippen molar-refractivity contribution in [2.24, 2.45) is 17.3 Å². The van der Waals surface area contributed by atoms with E-state index in [1.54, 1.807) is 27.9 Å². The summed E-state index contributed by atoms with van der Waals surface area (Å²) in [6.45, 7) is 8.26. The van der Waals surface area contributed by atoms with Gasteiger partial charge in [0, 0.05) is 35.8 Å². The molecule has 2 aliphatic carbocycles. The lowest BCUT2D eigenvalue weighted by molar-refractivity contribution is -0.254. The van der Waals surface area contributed by atoms with Gasteiger partial charge in [-0.3, -0.25) is 4.79 Å². The molecule has 0 saturated heterocycles. The fourth-order valence-corrected chi connectivity index (χ4v) is 6.51. The molecule has 1 amide bonds. The SMILES string of the molecule is CC1CCC(C(=O)N(c2cc(C#CC(C)(C)C)sc2C(=O)[O-])C2CCC(Oc3ccc4nccn4n3)CC2)CC1. The summed E-state index contributed by atoms with van der Waals surface area (Å²) in [5.41, 5.74) is 0.965. The zero-order valence-electron chi connectivity index (χ0n) is 23.7. The molecule has 212 valence electrons. The van der Waals surface area contributed by atoms with Gasteiger partial charge in [0.05, 0.1) is 21.4 Å². The van der Waals surface area contributed by atoms with Crippen LogP contribution in [0.1, 0.15) is 93.6 Å². The number of amides is 1. The van der Waals surface area contributed by atoms with Gasteiger partial charge >= 0.3 is 0 Å². The maximum Gasteiger partial charge on any atom is 0.232 e. The van der Waals surface area contributed by atoms with E-state index in [0.717, 1.165) is 55.5 Å². The highest BCUT2D eigenvalue weighted by Gasteiger charge is 2.37. The van der Waals surface area contributed by atoms with Crippen LogP contribution in [0.25, 0.3) is 5.65 Å². The molecule has 40 heavy (non-hydrogen) atoms. The number of thiophene rings is 1. The van der Waals surface area contributed by atoms with Crippen LogP contribution < -0.4 is 14.7 Å². The smallest absolute Gasteiger partial charge is 0.232 e. The third kappa shape index (κ3) is 6.49. The Bertz CT molecular complexity index is 1430. The Morgan fingerprint density at radius 3 is 2.50 bits per heavy atom. The van der Waals surface area contributed by atoms with Crippen molar-refractivity contribution in [2.75, 3.05) is 4.90 Å². The first kappa shape index (κ1) is 28.2. The predicted octanol–water partition coefficient (Wildman–Crippen LogP) is 5.10. The van der Waals surface area contributed by atoms with Crippen molar-refractivity contribution in [3.8, 4) is 17.7 Å². The topological polar surface area (TPSA) is 99.9 Å². The number of carbonyl (C=O) groups is 2. The van der Waals surface area contributed by atoms with E-state index in [2.05, 4.69) is 28.8 Å². The Morgan fingerprint density at radius 2 is 1.82 bits per heavy atom. The number of carboxylic acids is 1. The molecule has 0 aliphatic heterocycles. The van der Waals surface area contributed by atoms with Crippen LogP contribution >= 0.6 is 11.3 Å². The third-order valence-corrected chi connectivity index (χ3v) is 8.87. The summed E-state index contributed by atoms with van der Waals surface area (Å²) in [6, 6.07) is 5.36. The number of carbonyl (C=O) groups excluding carboxylic acids is 2. The predicted molar refractivity (Wildman–Crippen MR) is 153 cm³/mol. The molecule has 8 nitrogen and oxygen atoms in total. The third-order valence-electron chi connectivity index (χ3n) is 7.85. The number of carboxylic acid groups (broad SMARTS) is 1. The Balaban J connectivity index is 1.39. The number of hydrogen-bond acceptors (Lipinski definition) is 7.